The molecule has 0 saturated heterocycles. The van der Waals surface area contributed by atoms with Crippen molar-refractivity contribution in [3.8, 4) is 0 Å². The number of carbonyl (C=O) groups excluding carboxylic acids is 2. The van der Waals surface area contributed by atoms with E-state index in [1.807, 2.05) is 0 Å². The molecular formula is C10H16O3. The van der Waals surface area contributed by atoms with Crippen LogP contribution in [0.3, 0.4) is 0 Å². The Bertz CT molecular complexity index is 198. The van der Waals surface area contributed by atoms with Crippen molar-refractivity contribution in [3.63, 3.8) is 0 Å². The van der Waals surface area contributed by atoms with Crippen LogP contribution in [0, 0.1) is 5.92 Å². The van der Waals surface area contributed by atoms with E-state index >= 15 is 0 Å². The summed E-state index contributed by atoms with van der Waals surface area (Å²) < 4.78 is 4.85. The Morgan fingerprint density at radius 2 is 2.23 bits per heavy atom. The van der Waals surface area contributed by atoms with E-state index in [2.05, 4.69) is 0 Å². The van der Waals surface area contributed by atoms with Gasteiger partial charge in [0.25, 0.3) is 0 Å². The fourth-order valence-corrected chi connectivity index (χ4v) is 1.65. The van der Waals surface area contributed by atoms with Gasteiger partial charge in [0, 0.05) is 6.42 Å². The van der Waals surface area contributed by atoms with E-state index < -0.39 is 5.92 Å². The van der Waals surface area contributed by atoms with Crippen LogP contribution in [0.4, 0.5) is 0 Å². The van der Waals surface area contributed by atoms with Gasteiger partial charge in [0.1, 0.15) is 11.7 Å². The molecule has 0 aromatic rings. The molecule has 0 amide bonds. The van der Waals surface area contributed by atoms with Gasteiger partial charge >= 0.3 is 5.97 Å². The van der Waals surface area contributed by atoms with E-state index in [9.17, 15) is 9.59 Å². The van der Waals surface area contributed by atoms with E-state index in [0.717, 1.165) is 19.3 Å². The molecule has 0 aromatic carbocycles. The molecule has 0 spiro atoms. The minimum atomic E-state index is -0.470. The number of hydrogen-bond donors (Lipinski definition) is 0. The highest BCUT2D eigenvalue weighted by Gasteiger charge is 2.28. The predicted molar refractivity (Wildman–Crippen MR) is 48.2 cm³/mol. The van der Waals surface area contributed by atoms with Gasteiger partial charge in [-0.1, -0.05) is 12.8 Å². The van der Waals surface area contributed by atoms with Crippen molar-refractivity contribution in [2.75, 3.05) is 6.61 Å². The number of carbonyl (C=O) groups is 2. The van der Waals surface area contributed by atoms with Gasteiger partial charge in [-0.05, 0) is 19.8 Å². The van der Waals surface area contributed by atoms with Crippen molar-refractivity contribution >= 4 is 11.8 Å². The minimum absolute atomic E-state index is 0.0657. The van der Waals surface area contributed by atoms with Gasteiger partial charge < -0.3 is 4.74 Å². The van der Waals surface area contributed by atoms with Crippen LogP contribution in [-0.2, 0) is 14.3 Å². The molecule has 74 valence electrons. The predicted octanol–water partition coefficient (Wildman–Crippen LogP) is 1.70. The molecule has 0 aliphatic heterocycles. The second kappa shape index (κ2) is 5.00. The maximum Gasteiger partial charge on any atom is 0.316 e. The number of ether oxygens (including phenoxy) is 1. The standard InChI is InChI=1S/C10H16O3/c1-2-13-10(12)8-6-4-3-5-7-9(8)11/h8H,2-7H2,1H3/t8-/m1/s1. The molecule has 3 nitrogen and oxygen atoms in total. The van der Waals surface area contributed by atoms with Crippen LogP contribution in [0.2, 0.25) is 0 Å². The molecule has 1 fully saturated rings. The summed E-state index contributed by atoms with van der Waals surface area (Å²) in [4.78, 5) is 22.7. The van der Waals surface area contributed by atoms with Crippen LogP contribution in [0.15, 0.2) is 0 Å². The Labute approximate surface area is 78.5 Å². The van der Waals surface area contributed by atoms with Crippen LogP contribution in [0.5, 0.6) is 0 Å². The fraction of sp³-hybridized carbons (Fsp3) is 0.800. The van der Waals surface area contributed by atoms with Gasteiger partial charge in [-0.3, -0.25) is 9.59 Å². The lowest BCUT2D eigenvalue weighted by Gasteiger charge is -2.10. The second-order valence-corrected chi connectivity index (χ2v) is 3.37. The fourth-order valence-electron chi connectivity index (χ4n) is 1.65. The summed E-state index contributed by atoms with van der Waals surface area (Å²) in [5.74, 6) is -0.729. The topological polar surface area (TPSA) is 43.4 Å². The lowest BCUT2D eigenvalue weighted by molar-refractivity contribution is -0.151. The Morgan fingerprint density at radius 3 is 2.92 bits per heavy atom. The van der Waals surface area contributed by atoms with E-state index in [0.29, 0.717) is 19.4 Å². The summed E-state index contributed by atoms with van der Waals surface area (Å²) >= 11 is 0. The third-order valence-corrected chi connectivity index (χ3v) is 2.38. The zero-order chi connectivity index (χ0) is 9.68. The monoisotopic (exact) mass is 184 g/mol. The molecule has 0 unspecified atom stereocenters. The number of esters is 1. The van der Waals surface area contributed by atoms with Crippen molar-refractivity contribution in [3.05, 3.63) is 0 Å². The lowest BCUT2D eigenvalue weighted by Crippen LogP contribution is -2.24. The summed E-state index contributed by atoms with van der Waals surface area (Å²) in [6.45, 7) is 2.13. The van der Waals surface area contributed by atoms with Crippen LogP contribution in [0.1, 0.15) is 39.0 Å². The molecule has 0 aromatic heterocycles. The highest BCUT2D eigenvalue weighted by atomic mass is 16.5. The van der Waals surface area contributed by atoms with Crippen molar-refractivity contribution in [1.82, 2.24) is 0 Å². The summed E-state index contributed by atoms with van der Waals surface area (Å²) in [7, 11) is 0. The van der Waals surface area contributed by atoms with E-state index in [1.54, 1.807) is 6.92 Å². The zero-order valence-corrected chi connectivity index (χ0v) is 8.04. The minimum Gasteiger partial charge on any atom is -0.465 e. The van der Waals surface area contributed by atoms with Crippen molar-refractivity contribution in [2.24, 2.45) is 5.92 Å². The lowest BCUT2D eigenvalue weighted by atomic mass is 9.99. The maximum atomic E-state index is 11.4. The Hall–Kier alpha value is -0.860. The number of ketones is 1. The second-order valence-electron chi connectivity index (χ2n) is 3.37. The van der Waals surface area contributed by atoms with E-state index in [-0.39, 0.29) is 11.8 Å². The molecule has 1 aliphatic rings. The molecule has 1 rings (SSSR count). The summed E-state index contributed by atoms with van der Waals surface area (Å²) in [6.07, 6.45) is 4.17. The molecule has 1 saturated carbocycles. The molecule has 0 heterocycles. The molecule has 1 aliphatic carbocycles. The van der Waals surface area contributed by atoms with Crippen molar-refractivity contribution in [2.45, 2.75) is 39.0 Å². The Morgan fingerprint density at radius 1 is 1.46 bits per heavy atom. The smallest absolute Gasteiger partial charge is 0.316 e. The first-order valence-corrected chi connectivity index (χ1v) is 4.95. The SMILES string of the molecule is CCOC(=O)[C@@H]1CCCCCC1=O. The highest BCUT2D eigenvalue weighted by Crippen LogP contribution is 2.20. The van der Waals surface area contributed by atoms with Gasteiger partial charge in [-0.25, -0.2) is 0 Å². The average Bonchev–Trinajstić information content (AvgIpc) is 2.30. The molecule has 0 bridgehead atoms. The van der Waals surface area contributed by atoms with E-state index in [1.165, 1.54) is 0 Å². The molecule has 1 atom stereocenters. The normalized spacial score (nSPS) is 23.8. The Kier molecular flexibility index (Phi) is 3.93. The number of Topliss-reactive ketones (excluding diaryl/α,β-unsaturated/α-hetero) is 1. The molecule has 13 heavy (non-hydrogen) atoms. The van der Waals surface area contributed by atoms with E-state index in [4.69, 9.17) is 4.74 Å². The first kappa shape index (κ1) is 10.2. The van der Waals surface area contributed by atoms with Crippen molar-refractivity contribution < 1.29 is 14.3 Å². The van der Waals surface area contributed by atoms with Crippen LogP contribution in [0.25, 0.3) is 0 Å². The molecule has 0 radical (unpaired) electrons. The van der Waals surface area contributed by atoms with Gasteiger partial charge in [0.2, 0.25) is 0 Å². The number of hydrogen-bond acceptors (Lipinski definition) is 3. The van der Waals surface area contributed by atoms with Gasteiger partial charge in [0.05, 0.1) is 6.61 Å². The quantitative estimate of drug-likeness (QED) is 0.372. The molecular weight excluding hydrogens is 168 g/mol. The third-order valence-electron chi connectivity index (χ3n) is 2.38. The highest BCUT2D eigenvalue weighted by molar-refractivity contribution is 5.99. The van der Waals surface area contributed by atoms with Crippen molar-refractivity contribution in [1.29, 1.82) is 0 Å². The molecule has 0 N–H and O–H groups in total. The van der Waals surface area contributed by atoms with Gasteiger partial charge in [0.15, 0.2) is 0 Å². The largest absolute Gasteiger partial charge is 0.465 e. The first-order valence-electron chi connectivity index (χ1n) is 4.95. The van der Waals surface area contributed by atoms with Gasteiger partial charge in [-0.15, -0.1) is 0 Å². The zero-order valence-electron chi connectivity index (χ0n) is 8.04. The summed E-state index contributed by atoms with van der Waals surface area (Å²) in [6, 6.07) is 0. The Balaban J connectivity index is 2.53. The summed E-state index contributed by atoms with van der Waals surface area (Å²) in [5, 5.41) is 0. The van der Waals surface area contributed by atoms with Crippen LogP contribution in [-0.4, -0.2) is 18.4 Å². The number of rotatable bonds is 2. The van der Waals surface area contributed by atoms with Gasteiger partial charge in [-0.2, -0.15) is 0 Å². The van der Waals surface area contributed by atoms with Crippen LogP contribution < -0.4 is 0 Å². The summed E-state index contributed by atoms with van der Waals surface area (Å²) in [5.41, 5.74) is 0. The third kappa shape index (κ3) is 2.83. The average molecular weight is 184 g/mol. The maximum absolute atomic E-state index is 11.4. The first-order chi connectivity index (χ1) is 6.25. The molecule has 3 heteroatoms. The van der Waals surface area contributed by atoms with Crippen LogP contribution >= 0.6 is 0 Å².